The lowest BCUT2D eigenvalue weighted by Crippen LogP contribution is -2.24. The molecule has 1 rings (SSSR count). The van der Waals surface area contributed by atoms with Gasteiger partial charge in [0.2, 0.25) is 10.0 Å². The topological polar surface area (TPSA) is 55.4 Å². The lowest BCUT2D eigenvalue weighted by Gasteiger charge is -2.07. The molecule has 0 aliphatic rings. The molecule has 7 heteroatoms. The van der Waals surface area contributed by atoms with E-state index in [1.807, 2.05) is 13.8 Å². The molecule has 0 atom stereocenters. The van der Waals surface area contributed by atoms with Crippen molar-refractivity contribution in [1.29, 1.82) is 0 Å². The lowest BCUT2D eigenvalue weighted by molar-refractivity contribution is 0.0762. The zero-order valence-electron chi connectivity index (χ0n) is 10.5. The Hall–Kier alpha value is 0.0500. The highest BCUT2D eigenvalue weighted by Gasteiger charge is 2.15. The van der Waals surface area contributed by atoms with Crippen LogP contribution in [0.25, 0.3) is 0 Å². The van der Waals surface area contributed by atoms with Crippen LogP contribution in [0.3, 0.4) is 0 Å². The molecule has 1 heterocycles. The molecule has 0 bridgehead atoms. The van der Waals surface area contributed by atoms with Crippen LogP contribution >= 0.6 is 27.3 Å². The van der Waals surface area contributed by atoms with E-state index in [-0.39, 0.29) is 6.10 Å². The van der Waals surface area contributed by atoms with E-state index in [0.29, 0.717) is 17.4 Å². The van der Waals surface area contributed by atoms with Gasteiger partial charge in [0.1, 0.15) is 4.21 Å². The van der Waals surface area contributed by atoms with Crippen molar-refractivity contribution in [3.63, 3.8) is 0 Å². The van der Waals surface area contributed by atoms with E-state index in [4.69, 9.17) is 4.74 Å². The molecule has 0 fully saturated rings. The third kappa shape index (κ3) is 5.79. The summed E-state index contributed by atoms with van der Waals surface area (Å²) in [7, 11) is -3.35. The molecular formula is C11H18BrNO3S2. The van der Waals surface area contributed by atoms with Crippen LogP contribution in [0.15, 0.2) is 20.1 Å². The predicted molar refractivity (Wildman–Crippen MR) is 77.5 cm³/mol. The van der Waals surface area contributed by atoms with Crippen LogP contribution in [0.1, 0.15) is 26.7 Å². The third-order valence-electron chi connectivity index (χ3n) is 2.13. The summed E-state index contributed by atoms with van der Waals surface area (Å²) in [5.41, 5.74) is 0. The summed E-state index contributed by atoms with van der Waals surface area (Å²) in [6.45, 7) is 5.08. The second kappa shape index (κ2) is 7.59. The first-order valence-corrected chi connectivity index (χ1v) is 8.87. The Kier molecular flexibility index (Phi) is 6.79. The normalized spacial score (nSPS) is 12.2. The maximum Gasteiger partial charge on any atom is 0.250 e. The minimum Gasteiger partial charge on any atom is -0.379 e. The Morgan fingerprint density at radius 3 is 2.67 bits per heavy atom. The van der Waals surface area contributed by atoms with Gasteiger partial charge in [-0.2, -0.15) is 0 Å². The monoisotopic (exact) mass is 355 g/mol. The van der Waals surface area contributed by atoms with Crippen LogP contribution in [-0.4, -0.2) is 27.7 Å². The predicted octanol–water partition coefficient (Wildman–Crippen LogP) is 2.99. The van der Waals surface area contributed by atoms with Crippen LogP contribution in [0.5, 0.6) is 0 Å². The van der Waals surface area contributed by atoms with Gasteiger partial charge in [-0.15, -0.1) is 11.3 Å². The number of unbranched alkanes of at least 4 members (excludes halogenated alkanes) is 1. The van der Waals surface area contributed by atoms with E-state index in [1.54, 1.807) is 12.1 Å². The largest absolute Gasteiger partial charge is 0.379 e. The average Bonchev–Trinajstić information content (AvgIpc) is 2.70. The molecule has 0 aromatic carbocycles. The molecule has 1 aromatic rings. The first-order chi connectivity index (χ1) is 8.42. The van der Waals surface area contributed by atoms with Crippen molar-refractivity contribution in [1.82, 2.24) is 4.72 Å². The highest BCUT2D eigenvalue weighted by atomic mass is 79.9. The molecule has 0 saturated carbocycles. The van der Waals surface area contributed by atoms with Gasteiger partial charge in [0.15, 0.2) is 0 Å². The van der Waals surface area contributed by atoms with Crippen molar-refractivity contribution in [3.8, 4) is 0 Å². The first-order valence-electron chi connectivity index (χ1n) is 5.78. The molecule has 0 unspecified atom stereocenters. The van der Waals surface area contributed by atoms with Gasteiger partial charge in [0.25, 0.3) is 0 Å². The number of thiophene rings is 1. The fraction of sp³-hybridized carbons (Fsp3) is 0.636. The van der Waals surface area contributed by atoms with E-state index in [2.05, 4.69) is 20.7 Å². The fourth-order valence-electron chi connectivity index (χ4n) is 1.27. The number of sulfonamides is 1. The lowest BCUT2D eigenvalue weighted by atomic mass is 10.3. The molecule has 0 saturated heterocycles. The van der Waals surface area contributed by atoms with Crippen molar-refractivity contribution in [2.45, 2.75) is 37.0 Å². The molecule has 1 aromatic heterocycles. The Balaban J connectivity index is 2.26. The summed E-state index contributed by atoms with van der Waals surface area (Å²) in [5.74, 6) is 0. The summed E-state index contributed by atoms with van der Waals surface area (Å²) >= 11 is 4.46. The number of hydrogen-bond acceptors (Lipinski definition) is 4. The van der Waals surface area contributed by atoms with Gasteiger partial charge in [0.05, 0.1) is 9.89 Å². The summed E-state index contributed by atoms with van der Waals surface area (Å²) in [5, 5.41) is 0. The van der Waals surface area contributed by atoms with E-state index in [9.17, 15) is 8.42 Å². The van der Waals surface area contributed by atoms with Gasteiger partial charge >= 0.3 is 0 Å². The highest BCUT2D eigenvalue weighted by molar-refractivity contribution is 9.11. The van der Waals surface area contributed by atoms with E-state index in [0.717, 1.165) is 16.6 Å². The molecule has 0 spiro atoms. The molecule has 1 N–H and O–H groups in total. The van der Waals surface area contributed by atoms with E-state index < -0.39 is 10.0 Å². The highest BCUT2D eigenvalue weighted by Crippen LogP contribution is 2.25. The minimum absolute atomic E-state index is 0.227. The second-order valence-corrected chi connectivity index (χ2v) is 8.54. The third-order valence-corrected chi connectivity index (χ3v) is 5.70. The standard InChI is InChI=1S/C11H18BrNO3S2/c1-9(2)16-8-4-3-7-13-18(14,15)11-6-5-10(12)17-11/h5-6,9,13H,3-4,7-8H2,1-2H3. The molecule has 104 valence electrons. The van der Waals surface area contributed by atoms with Crippen molar-refractivity contribution in [3.05, 3.63) is 15.9 Å². The summed E-state index contributed by atoms with van der Waals surface area (Å²) in [4.78, 5) is 0. The molecular weight excluding hydrogens is 338 g/mol. The van der Waals surface area contributed by atoms with Crippen molar-refractivity contribution < 1.29 is 13.2 Å². The van der Waals surface area contributed by atoms with Gasteiger partial charge < -0.3 is 4.74 Å². The van der Waals surface area contributed by atoms with Gasteiger partial charge in [-0.25, -0.2) is 13.1 Å². The average molecular weight is 356 g/mol. The maximum absolute atomic E-state index is 11.8. The van der Waals surface area contributed by atoms with Crippen molar-refractivity contribution in [2.24, 2.45) is 0 Å². The molecule has 0 radical (unpaired) electrons. The number of ether oxygens (including phenoxy) is 1. The summed E-state index contributed by atoms with van der Waals surface area (Å²) in [6.07, 6.45) is 1.86. The SMILES string of the molecule is CC(C)OCCCCNS(=O)(=O)c1ccc(Br)s1. The van der Waals surface area contributed by atoms with Crippen LogP contribution in [0.2, 0.25) is 0 Å². The van der Waals surface area contributed by atoms with Crippen molar-refractivity contribution >= 4 is 37.3 Å². The quantitative estimate of drug-likeness (QED) is 0.729. The summed E-state index contributed by atoms with van der Waals surface area (Å²) < 4.78 is 32.8. The zero-order valence-corrected chi connectivity index (χ0v) is 13.7. The van der Waals surface area contributed by atoms with Crippen LogP contribution in [-0.2, 0) is 14.8 Å². The van der Waals surface area contributed by atoms with Gasteiger partial charge in [-0.3, -0.25) is 0 Å². The van der Waals surface area contributed by atoms with E-state index in [1.165, 1.54) is 11.3 Å². The Morgan fingerprint density at radius 2 is 2.11 bits per heavy atom. The maximum atomic E-state index is 11.8. The first kappa shape index (κ1) is 16.1. The molecule has 0 aliphatic carbocycles. The Bertz CT molecular complexity index is 457. The minimum atomic E-state index is -3.35. The summed E-state index contributed by atoms with van der Waals surface area (Å²) in [6, 6.07) is 3.33. The van der Waals surface area contributed by atoms with Crippen molar-refractivity contribution in [2.75, 3.05) is 13.2 Å². The smallest absolute Gasteiger partial charge is 0.250 e. The van der Waals surface area contributed by atoms with Crippen LogP contribution in [0.4, 0.5) is 0 Å². The fourth-order valence-corrected chi connectivity index (χ4v) is 4.39. The molecule has 18 heavy (non-hydrogen) atoms. The van der Waals surface area contributed by atoms with Crippen LogP contribution < -0.4 is 4.72 Å². The van der Waals surface area contributed by atoms with Gasteiger partial charge in [-0.05, 0) is 54.8 Å². The molecule has 4 nitrogen and oxygen atoms in total. The number of nitrogens with one attached hydrogen (secondary N) is 1. The van der Waals surface area contributed by atoms with Gasteiger partial charge in [-0.1, -0.05) is 0 Å². The number of hydrogen-bond donors (Lipinski definition) is 1. The molecule has 0 amide bonds. The Morgan fingerprint density at radius 1 is 1.39 bits per heavy atom. The number of rotatable bonds is 8. The Labute approximate surface area is 121 Å². The zero-order chi connectivity index (χ0) is 13.6. The van der Waals surface area contributed by atoms with Gasteiger partial charge in [0, 0.05) is 13.2 Å². The second-order valence-electron chi connectivity index (χ2n) is 4.08. The van der Waals surface area contributed by atoms with E-state index >= 15 is 0 Å². The van der Waals surface area contributed by atoms with Crippen LogP contribution in [0, 0.1) is 0 Å². The molecule has 0 aliphatic heterocycles. The number of halogens is 1.